The van der Waals surface area contributed by atoms with Crippen molar-refractivity contribution in [2.75, 3.05) is 19.7 Å². The third-order valence-corrected chi connectivity index (χ3v) is 10.0. The van der Waals surface area contributed by atoms with Crippen LogP contribution in [0.1, 0.15) is 65.5 Å². The number of nitrogens with zero attached hydrogens (tertiary/aromatic N) is 3. The summed E-state index contributed by atoms with van der Waals surface area (Å²) in [5.74, 6) is 2.65. The van der Waals surface area contributed by atoms with Crippen LogP contribution in [0.15, 0.2) is 67.0 Å². The average Bonchev–Trinajstić information content (AvgIpc) is 3.10. The fraction of sp³-hybridized carbons (Fsp3) is 0.385. The molecule has 7 nitrogen and oxygen atoms in total. The summed E-state index contributed by atoms with van der Waals surface area (Å²) in [4.78, 5) is 6.81. The van der Waals surface area contributed by atoms with Crippen molar-refractivity contribution in [3.63, 3.8) is 0 Å². The second-order valence-corrected chi connectivity index (χ2v) is 13.1. The molecule has 0 spiro atoms. The molecule has 244 valence electrons. The molecule has 47 heavy (non-hydrogen) atoms. The van der Waals surface area contributed by atoms with Gasteiger partial charge in [-0.25, -0.2) is 0 Å². The first-order chi connectivity index (χ1) is 22.9. The summed E-state index contributed by atoms with van der Waals surface area (Å²) < 4.78 is 18.9. The van der Waals surface area contributed by atoms with Gasteiger partial charge in [0.2, 0.25) is 0 Å². The van der Waals surface area contributed by atoms with Crippen molar-refractivity contribution >= 4 is 11.6 Å². The Morgan fingerprint density at radius 2 is 1.64 bits per heavy atom. The van der Waals surface area contributed by atoms with E-state index >= 15 is 0 Å². The molecule has 2 aliphatic rings. The monoisotopic (exact) mass is 650 g/mol. The van der Waals surface area contributed by atoms with Gasteiger partial charge in [-0.1, -0.05) is 48.4 Å². The van der Waals surface area contributed by atoms with Gasteiger partial charge in [0, 0.05) is 48.1 Å². The van der Waals surface area contributed by atoms with Crippen molar-refractivity contribution in [3.05, 3.63) is 105 Å². The molecule has 2 N–H and O–H groups in total. The first-order valence-electron chi connectivity index (χ1n) is 16.6. The lowest BCUT2D eigenvalue weighted by Gasteiger charge is -2.44. The molecule has 2 saturated heterocycles. The third-order valence-electron chi connectivity index (χ3n) is 9.74. The molecule has 8 heteroatoms. The maximum absolute atomic E-state index is 9.19. The highest BCUT2D eigenvalue weighted by molar-refractivity contribution is 6.32. The third kappa shape index (κ3) is 7.57. The zero-order valence-corrected chi connectivity index (χ0v) is 28.1. The lowest BCUT2D eigenvalue weighted by atomic mass is 9.84. The van der Waals surface area contributed by atoms with Gasteiger partial charge in [0.05, 0.1) is 17.2 Å². The molecule has 6 rings (SSSR count). The van der Waals surface area contributed by atoms with E-state index in [9.17, 15) is 5.26 Å². The zero-order chi connectivity index (χ0) is 32.8. The maximum Gasteiger partial charge on any atom is 0.142 e. The van der Waals surface area contributed by atoms with E-state index in [-0.39, 0.29) is 13.2 Å². The van der Waals surface area contributed by atoms with Crippen molar-refractivity contribution in [1.29, 1.82) is 5.26 Å². The largest absolute Gasteiger partial charge is 0.493 e. The van der Waals surface area contributed by atoms with Crippen molar-refractivity contribution < 1.29 is 14.2 Å². The van der Waals surface area contributed by atoms with Crippen LogP contribution in [-0.4, -0.2) is 35.6 Å². The minimum atomic E-state index is 0.236. The Hall–Kier alpha value is -4.09. The van der Waals surface area contributed by atoms with Crippen LogP contribution in [0.2, 0.25) is 5.02 Å². The highest BCUT2D eigenvalue weighted by Crippen LogP contribution is 2.37. The Morgan fingerprint density at radius 1 is 0.851 bits per heavy atom. The predicted octanol–water partition coefficient (Wildman–Crippen LogP) is 8.15. The Balaban J connectivity index is 1.15. The van der Waals surface area contributed by atoms with Gasteiger partial charge in [0.25, 0.3) is 0 Å². The van der Waals surface area contributed by atoms with Crippen molar-refractivity contribution in [3.8, 4) is 34.4 Å². The van der Waals surface area contributed by atoms with Crippen LogP contribution in [0.3, 0.4) is 0 Å². The molecule has 0 aliphatic carbocycles. The van der Waals surface area contributed by atoms with E-state index in [2.05, 4.69) is 66.2 Å². The van der Waals surface area contributed by atoms with E-state index < -0.39 is 0 Å². The molecule has 0 bridgehead atoms. The van der Waals surface area contributed by atoms with Gasteiger partial charge in [0.15, 0.2) is 0 Å². The van der Waals surface area contributed by atoms with Gasteiger partial charge in [-0.05, 0) is 98.6 Å². The lowest BCUT2D eigenvalue weighted by Crippen LogP contribution is -2.49. The minimum absolute atomic E-state index is 0.236. The number of pyridine rings is 1. The maximum atomic E-state index is 9.19. The van der Waals surface area contributed by atoms with Crippen molar-refractivity contribution in [1.82, 2.24) is 9.88 Å². The highest BCUT2D eigenvalue weighted by Gasteiger charge is 2.33. The molecule has 0 radical (unpaired) electrons. The Bertz CT molecular complexity index is 1750. The number of nitriles is 1. The number of fused-ring (bicyclic) bond motifs is 1. The molecule has 2 atom stereocenters. The number of ether oxygens (including phenoxy) is 3. The van der Waals surface area contributed by atoms with E-state index in [1.807, 2.05) is 0 Å². The topological polar surface area (TPSA) is 93.6 Å². The molecule has 1 unspecified atom stereocenters. The van der Waals surface area contributed by atoms with E-state index in [1.54, 1.807) is 24.4 Å². The van der Waals surface area contributed by atoms with Crippen LogP contribution in [0.4, 0.5) is 0 Å². The molecule has 3 aromatic carbocycles. The molecule has 0 saturated carbocycles. The van der Waals surface area contributed by atoms with Crippen LogP contribution in [0.5, 0.6) is 17.2 Å². The van der Waals surface area contributed by atoms with Crippen LogP contribution in [0, 0.1) is 31.1 Å². The number of aromatic nitrogens is 1. The molecule has 2 fully saturated rings. The number of piperidine rings is 2. The minimum Gasteiger partial charge on any atom is -0.493 e. The van der Waals surface area contributed by atoms with Crippen LogP contribution in [0.25, 0.3) is 11.1 Å². The molecule has 1 aromatic heterocycles. The first-order valence-corrected chi connectivity index (χ1v) is 17.0. The summed E-state index contributed by atoms with van der Waals surface area (Å²) in [6, 6.07) is 20.8. The Kier molecular flexibility index (Phi) is 10.6. The highest BCUT2D eigenvalue weighted by atomic mass is 35.5. The van der Waals surface area contributed by atoms with Gasteiger partial charge in [-0.3, -0.25) is 9.88 Å². The van der Waals surface area contributed by atoms with E-state index in [0.717, 1.165) is 45.7 Å². The summed E-state index contributed by atoms with van der Waals surface area (Å²) in [5, 5.41) is 9.66. The molecular formula is C39H43ClN4O3. The van der Waals surface area contributed by atoms with E-state index in [1.165, 1.54) is 57.0 Å². The first kappa shape index (κ1) is 32.8. The normalized spacial score (nSPS) is 17.9. The van der Waals surface area contributed by atoms with Gasteiger partial charge in [-0.2, -0.15) is 5.26 Å². The number of rotatable bonds is 11. The van der Waals surface area contributed by atoms with Crippen LogP contribution in [-0.2, 0) is 19.8 Å². The Labute approximate surface area is 283 Å². The second kappa shape index (κ2) is 15.2. The second-order valence-electron chi connectivity index (χ2n) is 12.7. The van der Waals surface area contributed by atoms with Gasteiger partial charge in [0.1, 0.15) is 36.5 Å². The fourth-order valence-corrected chi connectivity index (χ4v) is 7.33. The quantitative estimate of drug-likeness (QED) is 0.175. The standard InChI is InChI=1S/C39H43ClN4O3/c1-26-30(24-47-39-18-38(32(20-42)17-35(39)40)45-23-29-16-28(19-41)21-43-22-29)8-5-10-33(26)34-11-6-13-37(27(34)2)46-25-31-9-7-15-44-14-4-3-12-36(31)44/h5-6,8,10-11,13,16-18,21-22,31,36H,3-4,7,9,12,14-15,20,23-25,42H2,1-2H3/t31-,36?/m0/s1. The van der Waals surface area contributed by atoms with E-state index in [4.69, 9.17) is 31.5 Å². The predicted molar refractivity (Wildman–Crippen MR) is 186 cm³/mol. The zero-order valence-electron chi connectivity index (χ0n) is 27.3. The van der Waals surface area contributed by atoms with Gasteiger partial charge in [-0.15, -0.1) is 0 Å². The fourth-order valence-electron chi connectivity index (χ4n) is 7.09. The summed E-state index contributed by atoms with van der Waals surface area (Å²) in [5.41, 5.74) is 13.7. The van der Waals surface area contributed by atoms with Crippen LogP contribution < -0.4 is 19.9 Å². The van der Waals surface area contributed by atoms with Gasteiger partial charge < -0.3 is 19.9 Å². The number of nitrogens with two attached hydrogens (primary N) is 1. The van der Waals surface area contributed by atoms with Gasteiger partial charge >= 0.3 is 0 Å². The summed E-state index contributed by atoms with van der Waals surface area (Å²) >= 11 is 6.63. The molecule has 3 heterocycles. The molecule has 2 aliphatic heterocycles. The van der Waals surface area contributed by atoms with Crippen LogP contribution >= 0.6 is 11.6 Å². The summed E-state index contributed by atoms with van der Waals surface area (Å²) in [6.07, 6.45) is 9.68. The van der Waals surface area contributed by atoms with E-state index in [0.29, 0.717) is 40.7 Å². The van der Waals surface area contributed by atoms with Crippen molar-refractivity contribution in [2.45, 2.75) is 71.8 Å². The number of hydrogen-bond donors (Lipinski definition) is 1. The molecule has 0 amide bonds. The Morgan fingerprint density at radius 3 is 2.47 bits per heavy atom. The summed E-state index contributed by atoms with van der Waals surface area (Å²) in [7, 11) is 0. The number of benzene rings is 3. The number of halogens is 1. The summed E-state index contributed by atoms with van der Waals surface area (Å²) in [6.45, 7) is 8.39. The average molecular weight is 651 g/mol. The molecular weight excluding hydrogens is 608 g/mol. The van der Waals surface area contributed by atoms with Crippen molar-refractivity contribution in [2.24, 2.45) is 11.7 Å². The number of hydrogen-bond acceptors (Lipinski definition) is 7. The molecule has 4 aromatic rings. The lowest BCUT2D eigenvalue weighted by molar-refractivity contribution is 0.0365. The SMILES string of the molecule is Cc1c(COc2cc(OCc3cncc(C#N)c3)c(CN)cc2Cl)cccc1-c1cccc(OC[C@@H]2CCCN3CCCCC23)c1C. The smallest absolute Gasteiger partial charge is 0.142 e.